The molecule has 16 heteroatoms. The highest BCUT2D eigenvalue weighted by Crippen LogP contribution is 2.32. The van der Waals surface area contributed by atoms with E-state index in [0.717, 1.165) is 32.1 Å². The van der Waals surface area contributed by atoms with Gasteiger partial charge in [0.15, 0.2) is 18.9 Å². The molecule has 15 atom stereocenters. The first kappa shape index (κ1) is 35.8. The van der Waals surface area contributed by atoms with Crippen LogP contribution in [0.5, 0.6) is 0 Å². The summed E-state index contributed by atoms with van der Waals surface area (Å²) in [7, 11) is 0. The van der Waals surface area contributed by atoms with Gasteiger partial charge < -0.3 is 79.5 Å². The van der Waals surface area contributed by atoms with Crippen molar-refractivity contribution in [1.82, 2.24) is 0 Å². The Kier molecular flexibility index (Phi) is 14.6. The van der Waals surface area contributed by atoms with Gasteiger partial charge in [-0.1, -0.05) is 39.0 Å². The van der Waals surface area contributed by atoms with Gasteiger partial charge in [0.1, 0.15) is 73.2 Å². The highest BCUT2D eigenvalue weighted by atomic mass is 16.8. The van der Waals surface area contributed by atoms with Gasteiger partial charge in [-0.15, -0.1) is 0 Å². The van der Waals surface area contributed by atoms with Crippen LogP contribution >= 0.6 is 0 Å². The van der Waals surface area contributed by atoms with Crippen LogP contribution in [-0.4, -0.2) is 170 Å². The van der Waals surface area contributed by atoms with Crippen LogP contribution in [0.2, 0.25) is 0 Å². The molecule has 0 aromatic heterocycles. The number of aliphatic hydroxyl groups excluding tert-OH is 10. The number of hydrogen-bond donors (Lipinski definition) is 10. The molecule has 0 aromatic carbocycles. The predicted octanol–water partition coefficient (Wildman–Crippen LogP) is -4.19. The standard InChI is InChI=1S/C26H48O16/c1-2-3-4-5-6-7-8-37-24-20(35)22(16(31)13(10-28)38-24)42-26-21(36)23(17(32)14(11-29)40-26)41-25-19(34)18(33)15(30)12(9-27)39-25/h12-36H,2-11H2,1H3/t12-,13-,14-,15-,16-,17-,18+,19-,20-,21-,22+,23+,24-,25+,26+/m1/s1. The van der Waals surface area contributed by atoms with Crippen molar-refractivity contribution in [2.45, 2.75) is 138 Å². The molecule has 3 aliphatic heterocycles. The highest BCUT2D eigenvalue weighted by Gasteiger charge is 2.53. The second-order valence-corrected chi connectivity index (χ2v) is 11.0. The topological polar surface area (TPSA) is 258 Å². The Morgan fingerprint density at radius 1 is 0.476 bits per heavy atom. The van der Waals surface area contributed by atoms with E-state index in [1.165, 1.54) is 0 Å². The average Bonchev–Trinajstić information content (AvgIpc) is 2.98. The van der Waals surface area contributed by atoms with Gasteiger partial charge in [0.05, 0.1) is 19.8 Å². The number of ether oxygens (including phenoxy) is 6. The highest BCUT2D eigenvalue weighted by molar-refractivity contribution is 4.96. The fourth-order valence-corrected chi connectivity index (χ4v) is 5.25. The molecule has 16 nitrogen and oxygen atoms in total. The van der Waals surface area contributed by atoms with E-state index < -0.39 is 112 Å². The van der Waals surface area contributed by atoms with E-state index in [9.17, 15) is 51.1 Å². The number of aliphatic hydroxyl groups is 10. The first-order valence-corrected chi connectivity index (χ1v) is 14.6. The van der Waals surface area contributed by atoms with Gasteiger partial charge in [-0.25, -0.2) is 0 Å². The lowest BCUT2D eigenvalue weighted by atomic mass is 9.96. The van der Waals surface area contributed by atoms with E-state index in [0.29, 0.717) is 6.42 Å². The van der Waals surface area contributed by atoms with E-state index in [1.54, 1.807) is 0 Å². The summed E-state index contributed by atoms with van der Waals surface area (Å²) in [5.74, 6) is 0. The summed E-state index contributed by atoms with van der Waals surface area (Å²) in [6.07, 6.45) is -18.2. The summed E-state index contributed by atoms with van der Waals surface area (Å²) in [4.78, 5) is 0. The third kappa shape index (κ3) is 8.54. The summed E-state index contributed by atoms with van der Waals surface area (Å²) in [6.45, 7) is 0.156. The van der Waals surface area contributed by atoms with Crippen LogP contribution in [-0.2, 0) is 28.4 Å². The van der Waals surface area contributed by atoms with E-state index in [1.807, 2.05) is 0 Å². The minimum Gasteiger partial charge on any atom is -0.394 e. The Labute approximate surface area is 243 Å². The lowest BCUT2D eigenvalue weighted by Gasteiger charge is -2.48. The molecule has 0 radical (unpaired) electrons. The quantitative estimate of drug-likeness (QED) is 0.0783. The molecule has 10 N–H and O–H groups in total. The van der Waals surface area contributed by atoms with E-state index in [-0.39, 0.29) is 6.61 Å². The zero-order chi connectivity index (χ0) is 31.0. The van der Waals surface area contributed by atoms with Crippen LogP contribution in [0.4, 0.5) is 0 Å². The summed E-state index contributed by atoms with van der Waals surface area (Å²) >= 11 is 0. The maximum absolute atomic E-state index is 11.0. The van der Waals surface area contributed by atoms with Gasteiger partial charge >= 0.3 is 0 Å². The second kappa shape index (κ2) is 17.2. The Hall–Kier alpha value is -0.640. The molecule has 42 heavy (non-hydrogen) atoms. The molecule has 0 spiro atoms. The van der Waals surface area contributed by atoms with Gasteiger partial charge in [0.2, 0.25) is 0 Å². The normalized spacial score (nSPS) is 44.8. The van der Waals surface area contributed by atoms with Crippen LogP contribution in [0.25, 0.3) is 0 Å². The van der Waals surface area contributed by atoms with Crippen molar-refractivity contribution >= 4 is 0 Å². The first-order valence-electron chi connectivity index (χ1n) is 14.6. The second-order valence-electron chi connectivity index (χ2n) is 11.0. The van der Waals surface area contributed by atoms with Gasteiger partial charge in [0, 0.05) is 6.61 Å². The van der Waals surface area contributed by atoms with E-state index in [2.05, 4.69) is 6.92 Å². The molecule has 3 saturated heterocycles. The molecule has 0 saturated carbocycles. The maximum Gasteiger partial charge on any atom is 0.187 e. The van der Waals surface area contributed by atoms with Crippen molar-refractivity contribution in [3.05, 3.63) is 0 Å². The fraction of sp³-hybridized carbons (Fsp3) is 1.00. The van der Waals surface area contributed by atoms with E-state index in [4.69, 9.17) is 28.4 Å². The monoisotopic (exact) mass is 616 g/mol. The Balaban J connectivity index is 1.69. The number of hydrogen-bond acceptors (Lipinski definition) is 16. The Bertz CT molecular complexity index is 762. The lowest BCUT2D eigenvalue weighted by molar-refractivity contribution is -0.381. The zero-order valence-electron chi connectivity index (χ0n) is 23.7. The van der Waals surface area contributed by atoms with Crippen LogP contribution < -0.4 is 0 Å². The molecule has 248 valence electrons. The van der Waals surface area contributed by atoms with Crippen molar-refractivity contribution in [1.29, 1.82) is 0 Å². The molecule has 0 amide bonds. The van der Waals surface area contributed by atoms with Crippen LogP contribution in [0.15, 0.2) is 0 Å². The van der Waals surface area contributed by atoms with Crippen LogP contribution in [0.1, 0.15) is 45.4 Å². The van der Waals surface area contributed by atoms with Crippen molar-refractivity contribution in [3.63, 3.8) is 0 Å². The van der Waals surface area contributed by atoms with Crippen LogP contribution in [0.3, 0.4) is 0 Å². The van der Waals surface area contributed by atoms with Gasteiger partial charge in [-0.3, -0.25) is 0 Å². The van der Waals surface area contributed by atoms with Gasteiger partial charge in [-0.2, -0.15) is 0 Å². The van der Waals surface area contributed by atoms with Gasteiger partial charge in [-0.05, 0) is 6.42 Å². The van der Waals surface area contributed by atoms with Crippen molar-refractivity contribution in [2.24, 2.45) is 0 Å². The molecule has 3 heterocycles. The molecule has 0 unspecified atom stereocenters. The average molecular weight is 617 g/mol. The largest absolute Gasteiger partial charge is 0.394 e. The molecule has 0 aliphatic carbocycles. The summed E-state index contributed by atoms with van der Waals surface area (Å²) < 4.78 is 33.2. The minimum atomic E-state index is -1.88. The van der Waals surface area contributed by atoms with E-state index >= 15 is 0 Å². The smallest absolute Gasteiger partial charge is 0.187 e. The fourth-order valence-electron chi connectivity index (χ4n) is 5.25. The van der Waals surface area contributed by atoms with Crippen molar-refractivity contribution < 1.29 is 79.5 Å². The molecular weight excluding hydrogens is 568 g/mol. The number of rotatable bonds is 15. The summed E-state index contributed by atoms with van der Waals surface area (Å²) in [6, 6.07) is 0. The Morgan fingerprint density at radius 2 is 0.905 bits per heavy atom. The third-order valence-electron chi connectivity index (χ3n) is 7.85. The number of unbranched alkanes of at least 4 members (excludes halogenated alkanes) is 5. The minimum absolute atomic E-state index is 0.227. The molecule has 0 aromatic rings. The lowest BCUT2D eigenvalue weighted by Crippen LogP contribution is -2.67. The Morgan fingerprint density at radius 3 is 1.43 bits per heavy atom. The molecule has 3 rings (SSSR count). The van der Waals surface area contributed by atoms with Gasteiger partial charge in [0.25, 0.3) is 0 Å². The van der Waals surface area contributed by atoms with Crippen molar-refractivity contribution in [3.8, 4) is 0 Å². The summed E-state index contributed by atoms with van der Waals surface area (Å²) in [5.41, 5.74) is 0. The molecule has 3 fully saturated rings. The SMILES string of the molecule is CCCCCCCCO[C@@H]1O[C@H](CO)[C@@H](O)[C@H](O[C@@H]2O[C@H](CO)[C@@H](O)[C@H](O[C@@H]3O[C@H](CO)[C@@H](O)[C@H](O)[C@H]3O)[C@H]2O)[C@H]1O. The van der Waals surface area contributed by atoms with Crippen LogP contribution in [0, 0.1) is 0 Å². The molecular formula is C26H48O16. The summed E-state index contributed by atoms with van der Waals surface area (Å²) in [5, 5.41) is 103. The molecule has 3 aliphatic rings. The van der Waals surface area contributed by atoms with Crippen molar-refractivity contribution in [2.75, 3.05) is 26.4 Å². The molecule has 0 bridgehead atoms. The zero-order valence-corrected chi connectivity index (χ0v) is 23.7. The first-order chi connectivity index (χ1) is 20.1. The maximum atomic E-state index is 11.0. The predicted molar refractivity (Wildman–Crippen MR) is 138 cm³/mol. The third-order valence-corrected chi connectivity index (χ3v) is 7.85.